The maximum atomic E-state index is 13.1. The van der Waals surface area contributed by atoms with Gasteiger partial charge >= 0.3 is 0 Å². The molecular weight excluding hydrogens is 293 g/mol. The largest absolute Gasteiger partial charge is 0.387 e. The number of rotatable bonds is 6. The summed E-state index contributed by atoms with van der Waals surface area (Å²) in [6.07, 6.45) is 0. The minimum atomic E-state index is -1.07. The van der Waals surface area contributed by atoms with E-state index < -0.39 is 16.3 Å². The van der Waals surface area contributed by atoms with Gasteiger partial charge in [-0.15, -0.1) is 0 Å². The number of hydrogen-bond donors (Lipinski definition) is 2. The van der Waals surface area contributed by atoms with Crippen LogP contribution in [0.3, 0.4) is 0 Å². The molecule has 0 amide bonds. The topological polar surface area (TPSA) is 87.9 Å². The van der Waals surface area contributed by atoms with Crippen LogP contribution >= 0.6 is 0 Å². The summed E-state index contributed by atoms with van der Waals surface area (Å²) >= 11 is 0. The van der Waals surface area contributed by atoms with Crippen molar-refractivity contribution in [2.75, 3.05) is 44.7 Å². The Labute approximate surface area is 127 Å². The van der Waals surface area contributed by atoms with E-state index in [-0.39, 0.29) is 17.9 Å². The number of nitrogens with one attached hydrogen (secondary N) is 1. The van der Waals surface area contributed by atoms with E-state index in [1.165, 1.54) is 6.07 Å². The molecule has 0 aliphatic carbocycles. The maximum Gasteiger partial charge on any atom is 0.295 e. The van der Waals surface area contributed by atoms with Crippen molar-refractivity contribution in [3.63, 3.8) is 0 Å². The summed E-state index contributed by atoms with van der Waals surface area (Å²) < 4.78 is 18.3. The van der Waals surface area contributed by atoms with E-state index in [0.717, 1.165) is 25.2 Å². The van der Waals surface area contributed by atoms with Gasteiger partial charge in [-0.25, -0.2) is 4.39 Å². The molecule has 1 aliphatic rings. The van der Waals surface area contributed by atoms with Crippen molar-refractivity contribution < 1.29 is 19.2 Å². The predicted octanol–water partition coefficient (Wildman–Crippen LogP) is 1.23. The molecule has 1 atom stereocenters. The second kappa shape index (κ2) is 6.99. The lowest BCUT2D eigenvalue weighted by atomic mass is 10.1. The number of aliphatic hydroxyl groups is 1. The number of hydrogen-bond acceptors (Lipinski definition) is 6. The molecule has 2 rings (SSSR count). The van der Waals surface area contributed by atoms with Crippen LogP contribution in [0.4, 0.5) is 15.8 Å². The lowest BCUT2D eigenvalue weighted by Crippen LogP contribution is -2.49. The van der Waals surface area contributed by atoms with Gasteiger partial charge < -0.3 is 15.2 Å². The van der Waals surface area contributed by atoms with Gasteiger partial charge in [-0.3, -0.25) is 15.0 Å². The summed E-state index contributed by atoms with van der Waals surface area (Å²) in [6.45, 7) is 4.96. The lowest BCUT2D eigenvalue weighted by molar-refractivity contribution is -0.384. The molecule has 0 spiro atoms. The fourth-order valence-electron chi connectivity index (χ4n) is 2.39. The van der Waals surface area contributed by atoms with Gasteiger partial charge in [0.15, 0.2) is 0 Å². The highest BCUT2D eigenvalue weighted by molar-refractivity contribution is 5.61. The molecule has 1 aromatic carbocycles. The molecule has 122 valence electrons. The minimum absolute atomic E-state index is 0.122. The zero-order valence-electron chi connectivity index (χ0n) is 12.4. The molecule has 1 saturated heterocycles. The van der Waals surface area contributed by atoms with Crippen molar-refractivity contribution in [3.05, 3.63) is 34.1 Å². The molecule has 7 nitrogen and oxygen atoms in total. The van der Waals surface area contributed by atoms with Crippen LogP contribution in [0.25, 0.3) is 0 Å². The highest BCUT2D eigenvalue weighted by atomic mass is 19.1. The molecule has 0 radical (unpaired) electrons. The number of morpholine rings is 1. The first kappa shape index (κ1) is 16.6. The maximum absolute atomic E-state index is 13.1. The fourth-order valence-corrected chi connectivity index (χ4v) is 2.39. The van der Waals surface area contributed by atoms with Crippen LogP contribution in [0.1, 0.15) is 6.92 Å². The van der Waals surface area contributed by atoms with Crippen LogP contribution < -0.4 is 5.32 Å². The highest BCUT2D eigenvalue weighted by Crippen LogP contribution is 2.25. The fraction of sp³-hybridized carbons (Fsp3) is 0.571. The summed E-state index contributed by atoms with van der Waals surface area (Å²) in [5, 5.41) is 24.2. The van der Waals surface area contributed by atoms with Crippen molar-refractivity contribution >= 4 is 11.4 Å². The number of ether oxygens (including phenoxy) is 1. The zero-order valence-corrected chi connectivity index (χ0v) is 12.4. The number of nitro groups is 1. The first-order valence-corrected chi connectivity index (χ1v) is 7.08. The van der Waals surface area contributed by atoms with E-state index >= 15 is 0 Å². The van der Waals surface area contributed by atoms with E-state index in [1.807, 2.05) is 0 Å². The third kappa shape index (κ3) is 4.62. The Morgan fingerprint density at radius 1 is 1.50 bits per heavy atom. The third-order valence-corrected chi connectivity index (χ3v) is 3.48. The molecular formula is C14H20FN3O4. The zero-order chi connectivity index (χ0) is 16.2. The molecule has 22 heavy (non-hydrogen) atoms. The summed E-state index contributed by atoms with van der Waals surface area (Å²) in [4.78, 5) is 12.4. The quantitative estimate of drug-likeness (QED) is 0.607. The molecule has 0 bridgehead atoms. The number of halogens is 1. The minimum Gasteiger partial charge on any atom is -0.387 e. The Balaban J connectivity index is 1.97. The Morgan fingerprint density at radius 3 is 2.82 bits per heavy atom. The summed E-state index contributed by atoms with van der Waals surface area (Å²) in [7, 11) is 0. The van der Waals surface area contributed by atoms with Crippen LogP contribution in [0, 0.1) is 15.9 Å². The standard InChI is InChI=1S/C14H20FN3O4/c1-14(19,10-17-4-6-22-7-5-17)9-16-12-3-2-11(15)8-13(12)18(20)21/h2-3,8,16,19H,4-7,9-10H2,1H3/t14-/m0/s1. The van der Waals surface area contributed by atoms with Crippen molar-refractivity contribution in [2.45, 2.75) is 12.5 Å². The number of anilines is 1. The SMILES string of the molecule is C[C@](O)(CNc1ccc(F)cc1[N+](=O)[O-])CN1CCOCC1. The van der Waals surface area contributed by atoms with Gasteiger partial charge in [-0.2, -0.15) is 0 Å². The predicted molar refractivity (Wildman–Crippen MR) is 79.4 cm³/mol. The van der Waals surface area contributed by atoms with Crippen LogP contribution in [0.5, 0.6) is 0 Å². The van der Waals surface area contributed by atoms with Gasteiger partial charge in [0.2, 0.25) is 0 Å². The van der Waals surface area contributed by atoms with Gasteiger partial charge in [0.25, 0.3) is 5.69 Å². The van der Waals surface area contributed by atoms with E-state index in [9.17, 15) is 19.6 Å². The van der Waals surface area contributed by atoms with Crippen LogP contribution in [-0.4, -0.2) is 59.9 Å². The number of β-amino-alcohol motifs (C(OH)–C–C–N with tert-alkyl or cyclic N) is 1. The van der Waals surface area contributed by atoms with Gasteiger partial charge in [0.05, 0.1) is 29.8 Å². The van der Waals surface area contributed by atoms with Crippen molar-refractivity contribution in [1.82, 2.24) is 4.90 Å². The summed E-state index contributed by atoms with van der Waals surface area (Å²) in [6, 6.07) is 3.31. The van der Waals surface area contributed by atoms with E-state index in [0.29, 0.717) is 19.8 Å². The van der Waals surface area contributed by atoms with Crippen LogP contribution in [-0.2, 0) is 4.74 Å². The highest BCUT2D eigenvalue weighted by Gasteiger charge is 2.26. The van der Waals surface area contributed by atoms with Gasteiger partial charge in [-0.1, -0.05) is 0 Å². The lowest BCUT2D eigenvalue weighted by Gasteiger charge is -2.34. The average molecular weight is 313 g/mol. The van der Waals surface area contributed by atoms with E-state index in [2.05, 4.69) is 10.2 Å². The summed E-state index contributed by atoms with van der Waals surface area (Å²) in [5.41, 5.74) is -1.23. The van der Waals surface area contributed by atoms with Crippen LogP contribution in [0.15, 0.2) is 18.2 Å². The molecule has 8 heteroatoms. The molecule has 0 aromatic heterocycles. The first-order chi connectivity index (χ1) is 10.4. The monoisotopic (exact) mass is 313 g/mol. The van der Waals surface area contributed by atoms with Gasteiger partial charge in [0, 0.05) is 26.2 Å². The van der Waals surface area contributed by atoms with Crippen LogP contribution in [0.2, 0.25) is 0 Å². The molecule has 1 aliphatic heterocycles. The van der Waals surface area contributed by atoms with E-state index in [1.54, 1.807) is 6.92 Å². The summed E-state index contributed by atoms with van der Waals surface area (Å²) in [5.74, 6) is -0.669. The molecule has 1 aromatic rings. The second-order valence-electron chi connectivity index (χ2n) is 5.66. The second-order valence-corrected chi connectivity index (χ2v) is 5.66. The third-order valence-electron chi connectivity index (χ3n) is 3.48. The molecule has 2 N–H and O–H groups in total. The molecule has 1 fully saturated rings. The van der Waals surface area contributed by atoms with Gasteiger partial charge in [0.1, 0.15) is 11.5 Å². The van der Waals surface area contributed by atoms with Gasteiger partial charge in [-0.05, 0) is 19.1 Å². The Kier molecular flexibility index (Phi) is 5.28. The molecule has 0 saturated carbocycles. The van der Waals surface area contributed by atoms with Crippen molar-refractivity contribution in [3.8, 4) is 0 Å². The van der Waals surface area contributed by atoms with Crippen molar-refractivity contribution in [2.24, 2.45) is 0 Å². The number of nitro benzene ring substituents is 1. The van der Waals surface area contributed by atoms with E-state index in [4.69, 9.17) is 4.74 Å². The number of benzene rings is 1. The first-order valence-electron chi connectivity index (χ1n) is 7.08. The van der Waals surface area contributed by atoms with Crippen molar-refractivity contribution in [1.29, 1.82) is 0 Å². The smallest absolute Gasteiger partial charge is 0.295 e. The Hall–Kier alpha value is -1.77. The Morgan fingerprint density at radius 2 is 2.18 bits per heavy atom. The molecule has 1 heterocycles. The molecule has 0 unspecified atom stereocenters. The Bertz CT molecular complexity index is 533. The average Bonchev–Trinajstić information content (AvgIpc) is 2.46. The number of nitrogens with zero attached hydrogens (tertiary/aromatic N) is 2. The normalized spacial score (nSPS) is 18.7.